The highest BCUT2D eigenvalue weighted by atomic mass is 19.3. The number of ether oxygens (including phenoxy) is 3. The fraction of sp³-hybridized carbons (Fsp3) is 0.235. The molecular formula is C17H18F2N2O4. The zero-order valence-corrected chi connectivity index (χ0v) is 13.7. The van der Waals surface area contributed by atoms with E-state index in [0.717, 1.165) is 11.3 Å². The number of carbonyl (C=O) groups is 1. The Balaban J connectivity index is 1.94. The molecule has 134 valence electrons. The van der Waals surface area contributed by atoms with Gasteiger partial charge in [0.25, 0.3) is 0 Å². The van der Waals surface area contributed by atoms with E-state index in [1.165, 1.54) is 25.3 Å². The second kappa shape index (κ2) is 8.72. The van der Waals surface area contributed by atoms with Gasteiger partial charge in [-0.2, -0.15) is 8.78 Å². The molecule has 2 aromatic rings. The van der Waals surface area contributed by atoms with E-state index in [1.54, 1.807) is 19.2 Å². The van der Waals surface area contributed by atoms with E-state index in [2.05, 4.69) is 15.4 Å². The molecular weight excluding hydrogens is 334 g/mol. The minimum absolute atomic E-state index is 0.143. The van der Waals surface area contributed by atoms with Gasteiger partial charge in [-0.05, 0) is 29.8 Å². The Morgan fingerprint density at radius 1 is 1.04 bits per heavy atom. The highest BCUT2D eigenvalue weighted by molar-refractivity contribution is 5.89. The van der Waals surface area contributed by atoms with Crippen LogP contribution in [0.5, 0.6) is 17.2 Å². The van der Waals surface area contributed by atoms with Crippen LogP contribution in [-0.2, 0) is 6.54 Å². The zero-order chi connectivity index (χ0) is 18.2. The third-order valence-electron chi connectivity index (χ3n) is 3.25. The van der Waals surface area contributed by atoms with Crippen molar-refractivity contribution in [2.45, 2.75) is 13.2 Å². The number of carbonyl (C=O) groups excluding carboxylic acids is 1. The first-order chi connectivity index (χ1) is 12.0. The lowest BCUT2D eigenvalue weighted by Gasteiger charge is -2.12. The first-order valence-electron chi connectivity index (χ1n) is 7.32. The average molecular weight is 352 g/mol. The average Bonchev–Trinajstić information content (AvgIpc) is 2.60. The minimum atomic E-state index is -2.99. The van der Waals surface area contributed by atoms with Gasteiger partial charge in [0.2, 0.25) is 0 Å². The first-order valence-corrected chi connectivity index (χ1v) is 7.32. The Hall–Kier alpha value is -3.03. The number of rotatable bonds is 7. The summed E-state index contributed by atoms with van der Waals surface area (Å²) in [6, 6.07) is 10.9. The zero-order valence-electron chi connectivity index (χ0n) is 13.7. The van der Waals surface area contributed by atoms with Crippen molar-refractivity contribution in [3.63, 3.8) is 0 Å². The van der Waals surface area contributed by atoms with Gasteiger partial charge < -0.3 is 24.8 Å². The molecule has 0 heterocycles. The van der Waals surface area contributed by atoms with Crippen LogP contribution in [0, 0.1) is 0 Å². The molecule has 0 saturated carbocycles. The molecule has 6 nitrogen and oxygen atoms in total. The summed E-state index contributed by atoms with van der Waals surface area (Å²) in [5.74, 6) is 0.702. The fourth-order valence-corrected chi connectivity index (χ4v) is 2.04. The third kappa shape index (κ3) is 5.52. The molecule has 2 amide bonds. The van der Waals surface area contributed by atoms with Crippen molar-refractivity contribution >= 4 is 11.7 Å². The number of nitrogens with one attached hydrogen (secondary N) is 2. The molecule has 0 radical (unpaired) electrons. The maximum absolute atomic E-state index is 12.4. The monoisotopic (exact) mass is 352 g/mol. The van der Waals surface area contributed by atoms with E-state index in [0.29, 0.717) is 12.2 Å². The standard InChI is InChI=1S/C17H18F2N2O4/c1-23-13-6-3-11(4-7-13)10-20-17(22)21-12-5-8-14(24-2)15(9-12)25-16(18)19/h3-9,16H,10H2,1-2H3,(H2,20,21,22). The molecule has 0 aliphatic rings. The smallest absolute Gasteiger partial charge is 0.387 e. The van der Waals surface area contributed by atoms with Crippen molar-refractivity contribution in [3.05, 3.63) is 48.0 Å². The lowest BCUT2D eigenvalue weighted by Crippen LogP contribution is -2.28. The van der Waals surface area contributed by atoms with Crippen molar-refractivity contribution in [3.8, 4) is 17.2 Å². The van der Waals surface area contributed by atoms with Gasteiger partial charge in [-0.25, -0.2) is 4.79 Å². The summed E-state index contributed by atoms with van der Waals surface area (Å²) in [4.78, 5) is 11.9. The highest BCUT2D eigenvalue weighted by Crippen LogP contribution is 2.31. The Morgan fingerprint density at radius 2 is 1.76 bits per heavy atom. The van der Waals surface area contributed by atoms with Crippen LogP contribution in [0.3, 0.4) is 0 Å². The highest BCUT2D eigenvalue weighted by Gasteiger charge is 2.12. The summed E-state index contributed by atoms with van der Waals surface area (Å²) >= 11 is 0. The van der Waals surface area contributed by atoms with Gasteiger partial charge in [0.05, 0.1) is 14.2 Å². The van der Waals surface area contributed by atoms with E-state index in [1.807, 2.05) is 12.1 Å². The van der Waals surface area contributed by atoms with Crippen LogP contribution >= 0.6 is 0 Å². The van der Waals surface area contributed by atoms with Crippen molar-refractivity contribution in [1.82, 2.24) is 5.32 Å². The van der Waals surface area contributed by atoms with Crippen LogP contribution in [0.1, 0.15) is 5.56 Å². The van der Waals surface area contributed by atoms with Gasteiger partial charge in [0, 0.05) is 18.3 Å². The number of urea groups is 1. The molecule has 0 aliphatic carbocycles. The van der Waals surface area contributed by atoms with Gasteiger partial charge in [-0.1, -0.05) is 12.1 Å². The summed E-state index contributed by atoms with van der Waals surface area (Å²) in [5.41, 5.74) is 1.18. The maximum atomic E-state index is 12.4. The van der Waals surface area contributed by atoms with Crippen LogP contribution in [-0.4, -0.2) is 26.9 Å². The van der Waals surface area contributed by atoms with Gasteiger partial charge in [0.15, 0.2) is 11.5 Å². The summed E-state index contributed by atoms with van der Waals surface area (Å²) in [7, 11) is 2.91. The van der Waals surface area contributed by atoms with E-state index in [9.17, 15) is 13.6 Å². The van der Waals surface area contributed by atoms with Crippen LogP contribution in [0.25, 0.3) is 0 Å². The molecule has 2 aromatic carbocycles. The van der Waals surface area contributed by atoms with Crippen LogP contribution in [0.15, 0.2) is 42.5 Å². The number of hydrogen-bond donors (Lipinski definition) is 2. The lowest BCUT2D eigenvalue weighted by molar-refractivity contribution is -0.0511. The molecule has 0 aliphatic heterocycles. The van der Waals surface area contributed by atoms with Crippen molar-refractivity contribution in [1.29, 1.82) is 0 Å². The van der Waals surface area contributed by atoms with Gasteiger partial charge in [-0.3, -0.25) is 0 Å². The first kappa shape index (κ1) is 18.3. The van der Waals surface area contributed by atoms with Crippen LogP contribution in [0.4, 0.5) is 19.3 Å². The number of alkyl halides is 2. The van der Waals surface area contributed by atoms with Crippen molar-refractivity contribution in [2.75, 3.05) is 19.5 Å². The molecule has 0 unspecified atom stereocenters. The molecule has 0 fully saturated rings. The molecule has 0 bridgehead atoms. The number of hydrogen-bond acceptors (Lipinski definition) is 4. The number of amides is 2. The second-order valence-electron chi connectivity index (χ2n) is 4.90. The maximum Gasteiger partial charge on any atom is 0.387 e. The molecule has 0 saturated heterocycles. The summed E-state index contributed by atoms with van der Waals surface area (Å²) in [6.07, 6.45) is 0. The summed E-state index contributed by atoms with van der Waals surface area (Å²) in [5, 5.41) is 5.21. The Kier molecular flexibility index (Phi) is 6.39. The van der Waals surface area contributed by atoms with Crippen molar-refractivity contribution in [2.24, 2.45) is 0 Å². The predicted molar refractivity (Wildman–Crippen MR) is 88.5 cm³/mol. The fourth-order valence-electron chi connectivity index (χ4n) is 2.04. The van der Waals surface area contributed by atoms with E-state index >= 15 is 0 Å². The minimum Gasteiger partial charge on any atom is -0.497 e. The second-order valence-corrected chi connectivity index (χ2v) is 4.90. The summed E-state index contributed by atoms with van der Waals surface area (Å²) < 4.78 is 39.2. The SMILES string of the molecule is COc1ccc(CNC(=O)Nc2ccc(OC)c(OC(F)F)c2)cc1. The number of anilines is 1. The number of methoxy groups -OCH3 is 2. The third-order valence-corrected chi connectivity index (χ3v) is 3.25. The van der Waals surface area contributed by atoms with Crippen molar-refractivity contribution < 1.29 is 27.8 Å². The van der Waals surface area contributed by atoms with E-state index in [-0.39, 0.29) is 11.5 Å². The molecule has 8 heteroatoms. The number of benzene rings is 2. The molecule has 0 aromatic heterocycles. The van der Waals surface area contributed by atoms with E-state index < -0.39 is 12.6 Å². The Labute approximate surface area is 143 Å². The molecule has 2 N–H and O–H groups in total. The lowest BCUT2D eigenvalue weighted by atomic mass is 10.2. The Bertz CT molecular complexity index is 708. The largest absolute Gasteiger partial charge is 0.497 e. The molecule has 25 heavy (non-hydrogen) atoms. The molecule has 0 atom stereocenters. The topological polar surface area (TPSA) is 68.8 Å². The number of halogens is 2. The van der Waals surface area contributed by atoms with Gasteiger partial charge >= 0.3 is 12.6 Å². The molecule has 0 spiro atoms. The van der Waals surface area contributed by atoms with E-state index in [4.69, 9.17) is 9.47 Å². The van der Waals surface area contributed by atoms with Gasteiger partial charge in [0.1, 0.15) is 5.75 Å². The quantitative estimate of drug-likeness (QED) is 0.798. The Morgan fingerprint density at radius 3 is 2.36 bits per heavy atom. The van der Waals surface area contributed by atoms with Gasteiger partial charge in [-0.15, -0.1) is 0 Å². The molecule has 2 rings (SSSR count). The predicted octanol–water partition coefficient (Wildman–Crippen LogP) is 3.63. The van der Waals surface area contributed by atoms with Crippen LogP contribution in [0.2, 0.25) is 0 Å². The summed E-state index contributed by atoms with van der Waals surface area (Å²) in [6.45, 7) is -2.69. The normalized spacial score (nSPS) is 10.3. The van der Waals surface area contributed by atoms with Crippen LogP contribution < -0.4 is 24.8 Å².